The first-order chi connectivity index (χ1) is 12.5. The molecule has 0 spiro atoms. The molecule has 1 aromatic heterocycles. The average molecular weight is 358 g/mol. The predicted octanol–water partition coefficient (Wildman–Crippen LogP) is 3.20. The Hall–Kier alpha value is -3.35. The van der Waals surface area contributed by atoms with E-state index >= 15 is 0 Å². The highest BCUT2D eigenvalue weighted by Gasteiger charge is 2.22. The van der Waals surface area contributed by atoms with Crippen molar-refractivity contribution in [2.45, 2.75) is 0 Å². The van der Waals surface area contributed by atoms with E-state index in [2.05, 4.69) is 0 Å². The molecule has 0 bridgehead atoms. The van der Waals surface area contributed by atoms with Gasteiger partial charge in [0.1, 0.15) is 28.7 Å². The minimum Gasteiger partial charge on any atom is -0.504 e. The fourth-order valence-corrected chi connectivity index (χ4v) is 2.82. The smallest absolute Gasteiger partial charge is 0.204 e. The largest absolute Gasteiger partial charge is 0.504 e. The summed E-state index contributed by atoms with van der Waals surface area (Å²) in [5.74, 6) is 1.03. The standard InChI is InChI=1S/C19H18O7/c1-22-10-5-6-11(14(7-10)23-2)12-9-26-15-8-13(20)18(24-3)19(25-4)16(15)17(12)21/h5-9,20H,1-4H3. The van der Waals surface area contributed by atoms with Gasteiger partial charge in [0.15, 0.2) is 11.5 Å². The predicted molar refractivity (Wildman–Crippen MR) is 95.8 cm³/mol. The summed E-state index contributed by atoms with van der Waals surface area (Å²) in [6.07, 6.45) is 1.32. The third-order valence-corrected chi connectivity index (χ3v) is 4.06. The van der Waals surface area contributed by atoms with Crippen molar-refractivity contribution in [2.75, 3.05) is 28.4 Å². The number of benzene rings is 2. The van der Waals surface area contributed by atoms with E-state index in [1.807, 2.05) is 0 Å². The Kier molecular flexibility index (Phi) is 4.62. The number of hydrogen-bond donors (Lipinski definition) is 1. The van der Waals surface area contributed by atoms with Crippen molar-refractivity contribution < 1.29 is 28.5 Å². The van der Waals surface area contributed by atoms with Gasteiger partial charge in [0.05, 0.1) is 34.0 Å². The van der Waals surface area contributed by atoms with Crippen LogP contribution < -0.4 is 24.4 Å². The summed E-state index contributed by atoms with van der Waals surface area (Å²) in [5.41, 5.74) is 0.660. The molecule has 0 atom stereocenters. The zero-order chi connectivity index (χ0) is 18.8. The fourth-order valence-electron chi connectivity index (χ4n) is 2.82. The van der Waals surface area contributed by atoms with Crippen LogP contribution in [0.2, 0.25) is 0 Å². The number of fused-ring (bicyclic) bond motifs is 1. The molecule has 1 heterocycles. The average Bonchev–Trinajstić information content (AvgIpc) is 2.66. The van der Waals surface area contributed by atoms with Gasteiger partial charge in [0.2, 0.25) is 11.2 Å². The van der Waals surface area contributed by atoms with Gasteiger partial charge in [-0.15, -0.1) is 0 Å². The van der Waals surface area contributed by atoms with Crippen LogP contribution >= 0.6 is 0 Å². The number of phenols is 1. The molecule has 0 amide bonds. The quantitative estimate of drug-likeness (QED) is 0.749. The fraction of sp³-hybridized carbons (Fsp3) is 0.211. The van der Waals surface area contributed by atoms with Crippen molar-refractivity contribution in [1.82, 2.24) is 0 Å². The molecule has 3 aromatic rings. The number of aromatic hydroxyl groups is 1. The minimum absolute atomic E-state index is 0.0612. The first kappa shape index (κ1) is 17.5. The van der Waals surface area contributed by atoms with E-state index < -0.39 is 0 Å². The number of phenolic OH excluding ortho intramolecular Hbond substituents is 1. The Morgan fingerprint density at radius 3 is 2.23 bits per heavy atom. The molecule has 0 aliphatic heterocycles. The first-order valence-electron chi connectivity index (χ1n) is 7.67. The Balaban J connectivity index is 2.35. The van der Waals surface area contributed by atoms with Gasteiger partial charge in [-0.2, -0.15) is 0 Å². The molecule has 136 valence electrons. The molecule has 0 radical (unpaired) electrons. The second-order valence-electron chi connectivity index (χ2n) is 5.38. The lowest BCUT2D eigenvalue weighted by Crippen LogP contribution is -2.08. The molecule has 0 aliphatic rings. The molecular weight excluding hydrogens is 340 g/mol. The molecular formula is C19H18O7. The van der Waals surface area contributed by atoms with Crippen molar-refractivity contribution in [1.29, 1.82) is 0 Å². The van der Waals surface area contributed by atoms with Crippen LogP contribution in [0.4, 0.5) is 0 Å². The lowest BCUT2D eigenvalue weighted by molar-refractivity contribution is 0.335. The van der Waals surface area contributed by atoms with E-state index in [1.165, 1.54) is 33.7 Å². The highest BCUT2D eigenvalue weighted by molar-refractivity contribution is 5.92. The van der Waals surface area contributed by atoms with Crippen LogP contribution in [-0.4, -0.2) is 33.5 Å². The maximum atomic E-state index is 13.1. The topological polar surface area (TPSA) is 87.4 Å². The molecule has 1 N–H and O–H groups in total. The molecule has 3 rings (SSSR count). The first-order valence-corrected chi connectivity index (χ1v) is 7.67. The summed E-state index contributed by atoms with van der Waals surface area (Å²) < 4.78 is 26.6. The molecule has 26 heavy (non-hydrogen) atoms. The van der Waals surface area contributed by atoms with Crippen LogP contribution in [0.25, 0.3) is 22.1 Å². The molecule has 7 heteroatoms. The monoisotopic (exact) mass is 358 g/mol. The van der Waals surface area contributed by atoms with Crippen LogP contribution in [-0.2, 0) is 0 Å². The lowest BCUT2D eigenvalue weighted by atomic mass is 10.0. The van der Waals surface area contributed by atoms with Gasteiger partial charge in [-0.1, -0.05) is 0 Å². The van der Waals surface area contributed by atoms with E-state index in [-0.39, 0.29) is 39.2 Å². The SMILES string of the molecule is COc1ccc(-c2coc3cc(O)c(OC)c(OC)c3c2=O)c(OC)c1. The molecule has 0 saturated heterocycles. The van der Waals surface area contributed by atoms with Gasteiger partial charge in [-0.05, 0) is 12.1 Å². The highest BCUT2D eigenvalue weighted by atomic mass is 16.5. The molecule has 0 aliphatic carbocycles. The highest BCUT2D eigenvalue weighted by Crippen LogP contribution is 2.42. The van der Waals surface area contributed by atoms with Crippen LogP contribution in [0.3, 0.4) is 0 Å². The van der Waals surface area contributed by atoms with E-state index in [0.29, 0.717) is 17.1 Å². The van der Waals surface area contributed by atoms with Crippen LogP contribution in [0.1, 0.15) is 0 Å². The molecule has 0 unspecified atom stereocenters. The molecule has 0 saturated carbocycles. The van der Waals surface area contributed by atoms with Crippen LogP contribution in [0.15, 0.2) is 39.7 Å². The number of ether oxygens (including phenoxy) is 4. The van der Waals surface area contributed by atoms with Gasteiger partial charge in [-0.25, -0.2) is 0 Å². The summed E-state index contributed by atoms with van der Waals surface area (Å²) >= 11 is 0. The van der Waals surface area contributed by atoms with Crippen molar-refractivity contribution in [3.05, 3.63) is 40.8 Å². The second-order valence-corrected chi connectivity index (χ2v) is 5.38. The molecule has 0 fully saturated rings. The third kappa shape index (κ3) is 2.67. The lowest BCUT2D eigenvalue weighted by Gasteiger charge is -2.13. The maximum absolute atomic E-state index is 13.1. The Morgan fingerprint density at radius 1 is 0.885 bits per heavy atom. The van der Waals surface area contributed by atoms with Gasteiger partial charge in [-0.3, -0.25) is 4.79 Å². The van der Waals surface area contributed by atoms with Gasteiger partial charge in [0.25, 0.3) is 0 Å². The second kappa shape index (κ2) is 6.87. The summed E-state index contributed by atoms with van der Waals surface area (Å²) in [6, 6.07) is 6.41. The summed E-state index contributed by atoms with van der Waals surface area (Å²) in [6.45, 7) is 0. The Morgan fingerprint density at radius 2 is 1.62 bits per heavy atom. The zero-order valence-electron chi connectivity index (χ0n) is 14.8. The zero-order valence-corrected chi connectivity index (χ0v) is 14.8. The van der Waals surface area contributed by atoms with E-state index in [9.17, 15) is 9.90 Å². The van der Waals surface area contributed by atoms with Crippen LogP contribution in [0, 0.1) is 0 Å². The summed E-state index contributed by atoms with van der Waals surface area (Å²) in [7, 11) is 5.81. The number of rotatable bonds is 5. The van der Waals surface area contributed by atoms with E-state index in [1.54, 1.807) is 25.3 Å². The third-order valence-electron chi connectivity index (χ3n) is 4.06. The summed E-state index contributed by atoms with van der Waals surface area (Å²) in [4.78, 5) is 13.1. The van der Waals surface area contributed by atoms with E-state index in [0.717, 1.165) is 0 Å². The Labute approximate surface area is 149 Å². The summed E-state index contributed by atoms with van der Waals surface area (Å²) in [5, 5.41) is 10.2. The van der Waals surface area contributed by atoms with Crippen molar-refractivity contribution in [3.63, 3.8) is 0 Å². The Bertz CT molecular complexity index is 1020. The number of hydrogen-bond acceptors (Lipinski definition) is 7. The number of methoxy groups -OCH3 is 4. The van der Waals surface area contributed by atoms with Crippen molar-refractivity contribution >= 4 is 11.0 Å². The normalized spacial score (nSPS) is 10.6. The molecule has 2 aromatic carbocycles. The van der Waals surface area contributed by atoms with Crippen molar-refractivity contribution in [3.8, 4) is 39.9 Å². The minimum atomic E-state index is -0.343. The molecule has 7 nitrogen and oxygen atoms in total. The van der Waals surface area contributed by atoms with Gasteiger partial charge in [0, 0.05) is 17.7 Å². The van der Waals surface area contributed by atoms with Gasteiger partial charge >= 0.3 is 0 Å². The van der Waals surface area contributed by atoms with Gasteiger partial charge < -0.3 is 28.5 Å². The van der Waals surface area contributed by atoms with Crippen LogP contribution in [0.5, 0.6) is 28.7 Å². The van der Waals surface area contributed by atoms with E-state index in [4.69, 9.17) is 23.4 Å². The maximum Gasteiger partial charge on any atom is 0.204 e. The van der Waals surface area contributed by atoms with Crippen molar-refractivity contribution in [2.24, 2.45) is 0 Å².